The van der Waals surface area contributed by atoms with Gasteiger partial charge in [0, 0.05) is 6.20 Å². The first kappa shape index (κ1) is 13.0. The quantitative estimate of drug-likeness (QED) is 0.841. The summed E-state index contributed by atoms with van der Waals surface area (Å²) in [5, 5.41) is 6.26. The molecule has 1 saturated heterocycles. The Labute approximate surface area is 108 Å². The molecule has 2 N–H and O–H groups in total. The highest BCUT2D eigenvalue weighted by molar-refractivity contribution is 5.95. The Morgan fingerprint density at radius 3 is 2.94 bits per heavy atom. The second-order valence-corrected chi connectivity index (χ2v) is 5.72. The van der Waals surface area contributed by atoms with Crippen molar-refractivity contribution in [3.63, 3.8) is 0 Å². The van der Waals surface area contributed by atoms with E-state index in [9.17, 15) is 4.79 Å². The first-order valence-corrected chi connectivity index (χ1v) is 6.45. The summed E-state index contributed by atoms with van der Waals surface area (Å²) in [7, 11) is 0. The van der Waals surface area contributed by atoms with Gasteiger partial charge in [0.1, 0.15) is 0 Å². The number of aromatic nitrogens is 1. The van der Waals surface area contributed by atoms with Gasteiger partial charge in [-0.1, -0.05) is 13.8 Å². The van der Waals surface area contributed by atoms with Crippen LogP contribution in [-0.2, 0) is 4.79 Å². The van der Waals surface area contributed by atoms with E-state index in [1.165, 1.54) is 0 Å². The van der Waals surface area contributed by atoms with Gasteiger partial charge in [0.05, 0.1) is 17.9 Å². The van der Waals surface area contributed by atoms with Crippen LogP contribution in [-0.4, -0.2) is 23.5 Å². The molecule has 1 aliphatic rings. The number of pyridine rings is 1. The smallest absolute Gasteiger partial charge is 0.242 e. The van der Waals surface area contributed by atoms with Gasteiger partial charge in [-0.15, -0.1) is 0 Å². The number of hydrogen-bond donors (Lipinski definition) is 2. The van der Waals surface area contributed by atoms with Crippen molar-refractivity contribution in [2.45, 2.75) is 39.7 Å². The summed E-state index contributed by atoms with van der Waals surface area (Å²) in [6.07, 6.45) is 5.66. The van der Waals surface area contributed by atoms with Gasteiger partial charge in [0.2, 0.25) is 5.91 Å². The molecule has 2 heterocycles. The highest BCUT2D eigenvalue weighted by atomic mass is 16.2. The van der Waals surface area contributed by atoms with Crippen LogP contribution in [0.1, 0.15) is 32.3 Å². The molecule has 0 spiro atoms. The van der Waals surface area contributed by atoms with Crippen LogP contribution in [0.4, 0.5) is 5.69 Å². The molecule has 1 amide bonds. The summed E-state index contributed by atoms with van der Waals surface area (Å²) in [5.74, 6) is 0.0344. The first-order valence-electron chi connectivity index (χ1n) is 6.45. The van der Waals surface area contributed by atoms with Gasteiger partial charge < -0.3 is 10.6 Å². The minimum absolute atomic E-state index is 0.000410. The van der Waals surface area contributed by atoms with Gasteiger partial charge in [-0.25, -0.2) is 0 Å². The molecular weight excluding hydrogens is 226 g/mol. The van der Waals surface area contributed by atoms with Gasteiger partial charge in [0.25, 0.3) is 0 Å². The van der Waals surface area contributed by atoms with Crippen molar-refractivity contribution in [3.8, 4) is 0 Å². The van der Waals surface area contributed by atoms with Crippen LogP contribution < -0.4 is 10.6 Å². The minimum Gasteiger partial charge on any atom is -0.323 e. The predicted molar refractivity (Wildman–Crippen MR) is 72.4 cm³/mol. The Kier molecular flexibility index (Phi) is 3.66. The molecule has 1 atom stereocenters. The highest BCUT2D eigenvalue weighted by Gasteiger charge is 2.37. The minimum atomic E-state index is -0.133. The normalized spacial score (nSPS) is 22.5. The lowest BCUT2D eigenvalue weighted by atomic mass is 9.77. The Hall–Kier alpha value is -1.42. The SMILES string of the molecule is Cc1cncc(NC(=O)C2NCCCC2(C)C)c1. The van der Waals surface area contributed by atoms with Crippen LogP contribution in [0.15, 0.2) is 18.5 Å². The number of piperidine rings is 1. The van der Waals surface area contributed by atoms with Crippen molar-refractivity contribution in [3.05, 3.63) is 24.0 Å². The summed E-state index contributed by atoms with van der Waals surface area (Å²) in [4.78, 5) is 16.4. The summed E-state index contributed by atoms with van der Waals surface area (Å²) < 4.78 is 0. The molecule has 2 rings (SSSR count). The molecule has 98 valence electrons. The molecular formula is C14H21N3O. The zero-order valence-electron chi connectivity index (χ0n) is 11.3. The van der Waals surface area contributed by atoms with E-state index < -0.39 is 0 Å². The van der Waals surface area contributed by atoms with Crippen molar-refractivity contribution in [2.24, 2.45) is 5.41 Å². The summed E-state index contributed by atoms with van der Waals surface area (Å²) in [6, 6.07) is 1.80. The standard InChI is InChI=1S/C14H21N3O/c1-10-7-11(9-15-8-10)17-13(18)12-14(2,3)5-4-6-16-12/h7-9,12,16H,4-6H2,1-3H3,(H,17,18). The van der Waals surface area contributed by atoms with E-state index in [1.54, 1.807) is 12.4 Å². The molecule has 0 saturated carbocycles. The van der Waals surface area contributed by atoms with E-state index in [1.807, 2.05) is 13.0 Å². The fraction of sp³-hybridized carbons (Fsp3) is 0.571. The number of aryl methyl sites for hydroxylation is 1. The summed E-state index contributed by atoms with van der Waals surface area (Å²) in [6.45, 7) is 7.15. The molecule has 1 fully saturated rings. The van der Waals surface area contributed by atoms with Crippen molar-refractivity contribution in [2.75, 3.05) is 11.9 Å². The molecule has 0 bridgehead atoms. The number of anilines is 1. The molecule has 4 nitrogen and oxygen atoms in total. The second-order valence-electron chi connectivity index (χ2n) is 5.72. The third-order valence-electron chi connectivity index (χ3n) is 3.53. The van der Waals surface area contributed by atoms with Gasteiger partial charge in [-0.05, 0) is 43.4 Å². The molecule has 0 aliphatic carbocycles. The molecule has 1 aromatic heterocycles. The molecule has 4 heteroatoms. The number of nitrogens with one attached hydrogen (secondary N) is 2. The second kappa shape index (κ2) is 5.06. The van der Waals surface area contributed by atoms with Gasteiger partial charge in [-0.3, -0.25) is 9.78 Å². The average Bonchev–Trinajstić information content (AvgIpc) is 2.28. The number of carbonyl (C=O) groups is 1. The van der Waals surface area contributed by atoms with Crippen molar-refractivity contribution >= 4 is 11.6 Å². The summed E-state index contributed by atoms with van der Waals surface area (Å²) >= 11 is 0. The Morgan fingerprint density at radius 1 is 1.50 bits per heavy atom. The number of hydrogen-bond acceptors (Lipinski definition) is 3. The maximum atomic E-state index is 12.3. The lowest BCUT2D eigenvalue weighted by molar-refractivity contribution is -0.121. The predicted octanol–water partition coefficient (Wildman–Crippen LogP) is 2.11. The first-order chi connectivity index (χ1) is 8.49. The zero-order valence-corrected chi connectivity index (χ0v) is 11.3. The van der Waals surface area contributed by atoms with E-state index in [-0.39, 0.29) is 17.4 Å². The third kappa shape index (κ3) is 2.88. The van der Waals surface area contributed by atoms with Crippen molar-refractivity contribution in [1.29, 1.82) is 0 Å². The van der Waals surface area contributed by atoms with E-state index in [2.05, 4.69) is 29.5 Å². The van der Waals surface area contributed by atoms with Gasteiger partial charge in [-0.2, -0.15) is 0 Å². The molecule has 0 radical (unpaired) electrons. The monoisotopic (exact) mass is 247 g/mol. The maximum Gasteiger partial charge on any atom is 0.242 e. The molecule has 18 heavy (non-hydrogen) atoms. The third-order valence-corrected chi connectivity index (χ3v) is 3.53. The Bertz CT molecular complexity index is 442. The van der Waals surface area contributed by atoms with Crippen LogP contribution >= 0.6 is 0 Å². The van der Waals surface area contributed by atoms with Crippen LogP contribution in [0.2, 0.25) is 0 Å². The lowest BCUT2D eigenvalue weighted by Crippen LogP contribution is -2.53. The fourth-order valence-electron chi connectivity index (χ4n) is 2.50. The van der Waals surface area contributed by atoms with E-state index in [4.69, 9.17) is 0 Å². The largest absolute Gasteiger partial charge is 0.323 e. The van der Waals surface area contributed by atoms with Crippen LogP contribution in [0.5, 0.6) is 0 Å². The van der Waals surface area contributed by atoms with Crippen LogP contribution in [0, 0.1) is 12.3 Å². The zero-order chi connectivity index (χ0) is 13.2. The Balaban J connectivity index is 2.07. The van der Waals surface area contributed by atoms with Gasteiger partial charge in [0.15, 0.2) is 0 Å². The molecule has 0 aromatic carbocycles. The number of amides is 1. The van der Waals surface area contributed by atoms with E-state index in [0.29, 0.717) is 0 Å². The van der Waals surface area contributed by atoms with Crippen LogP contribution in [0.25, 0.3) is 0 Å². The van der Waals surface area contributed by atoms with Crippen molar-refractivity contribution < 1.29 is 4.79 Å². The topological polar surface area (TPSA) is 54.0 Å². The van der Waals surface area contributed by atoms with Gasteiger partial charge >= 0.3 is 0 Å². The van der Waals surface area contributed by atoms with Crippen molar-refractivity contribution in [1.82, 2.24) is 10.3 Å². The summed E-state index contributed by atoms with van der Waals surface area (Å²) in [5.41, 5.74) is 1.81. The molecule has 1 aromatic rings. The highest BCUT2D eigenvalue weighted by Crippen LogP contribution is 2.30. The average molecular weight is 247 g/mol. The Morgan fingerprint density at radius 2 is 2.28 bits per heavy atom. The molecule has 1 aliphatic heterocycles. The van der Waals surface area contributed by atoms with E-state index >= 15 is 0 Å². The van der Waals surface area contributed by atoms with E-state index in [0.717, 1.165) is 30.6 Å². The molecule has 1 unspecified atom stereocenters. The number of carbonyl (C=O) groups excluding carboxylic acids is 1. The number of rotatable bonds is 2. The fourth-order valence-corrected chi connectivity index (χ4v) is 2.50. The lowest BCUT2D eigenvalue weighted by Gasteiger charge is -2.38. The van der Waals surface area contributed by atoms with Crippen LogP contribution in [0.3, 0.4) is 0 Å². The maximum absolute atomic E-state index is 12.3. The number of nitrogens with zero attached hydrogens (tertiary/aromatic N) is 1.